The van der Waals surface area contributed by atoms with Crippen molar-refractivity contribution in [3.05, 3.63) is 18.2 Å². The third kappa shape index (κ3) is 4.25. The highest BCUT2D eigenvalue weighted by Gasteiger charge is 2.36. The van der Waals surface area contributed by atoms with E-state index in [9.17, 15) is 16.8 Å². The van der Waals surface area contributed by atoms with Gasteiger partial charge in [-0.15, -0.1) is 0 Å². The molecule has 1 aromatic rings. The summed E-state index contributed by atoms with van der Waals surface area (Å²) in [5, 5.41) is 3.23. The maximum atomic E-state index is 13.2. The number of rotatable bonds is 6. The van der Waals surface area contributed by atoms with Crippen LogP contribution in [0.2, 0.25) is 0 Å². The summed E-state index contributed by atoms with van der Waals surface area (Å²) in [7, 11) is -6.07. The molecule has 0 bridgehead atoms. The fourth-order valence-corrected chi connectivity index (χ4v) is 5.22. The number of anilines is 1. The largest absolute Gasteiger partial charge is 0.497 e. The Morgan fingerprint density at radius 3 is 2.56 bits per heavy atom. The molecule has 25 heavy (non-hydrogen) atoms. The molecular formula is C15H25N3O5S2. The van der Waals surface area contributed by atoms with E-state index < -0.39 is 20.0 Å². The third-order valence-corrected chi connectivity index (χ3v) is 7.73. The molecular weight excluding hydrogens is 366 g/mol. The normalized spacial score (nSPS) is 22.6. The lowest BCUT2D eigenvalue weighted by Crippen LogP contribution is -2.57. The quantitative estimate of drug-likeness (QED) is 0.744. The lowest BCUT2D eigenvalue weighted by Gasteiger charge is -2.37. The van der Waals surface area contributed by atoms with E-state index in [2.05, 4.69) is 10.0 Å². The van der Waals surface area contributed by atoms with Gasteiger partial charge in [0.25, 0.3) is 0 Å². The van der Waals surface area contributed by atoms with Crippen molar-refractivity contribution in [1.82, 2.24) is 9.62 Å². The lowest BCUT2D eigenvalue weighted by molar-refractivity contribution is 0.233. The predicted molar refractivity (Wildman–Crippen MR) is 96.9 cm³/mol. The van der Waals surface area contributed by atoms with E-state index in [1.807, 2.05) is 13.8 Å². The van der Waals surface area contributed by atoms with E-state index in [1.165, 1.54) is 36.5 Å². The minimum Gasteiger partial charge on any atom is -0.497 e. The Kier molecular flexibility index (Phi) is 5.97. The van der Waals surface area contributed by atoms with Crippen molar-refractivity contribution >= 4 is 25.7 Å². The van der Waals surface area contributed by atoms with Gasteiger partial charge in [0, 0.05) is 31.2 Å². The smallest absolute Gasteiger partial charge is 0.245 e. The molecule has 0 saturated carbocycles. The van der Waals surface area contributed by atoms with Crippen LogP contribution < -0.4 is 14.8 Å². The van der Waals surface area contributed by atoms with Crippen LogP contribution in [-0.4, -0.2) is 59.2 Å². The summed E-state index contributed by atoms with van der Waals surface area (Å²) in [5.41, 5.74) is -0.000384. The molecule has 1 fully saturated rings. The van der Waals surface area contributed by atoms with Crippen molar-refractivity contribution in [2.45, 2.75) is 37.8 Å². The standard InChI is InChI=1S/C15H25N3O5S2/c1-5-24(19,20)17-14-10-13(23-4)6-7-15(14)25(21,22)18-9-8-16-11(2)12(18)3/h6-7,10-12,16-17H,5,8-9H2,1-4H3. The van der Waals surface area contributed by atoms with Crippen LogP contribution in [0.25, 0.3) is 0 Å². The van der Waals surface area contributed by atoms with Gasteiger partial charge in [-0.3, -0.25) is 4.72 Å². The number of nitrogens with one attached hydrogen (secondary N) is 2. The SMILES string of the molecule is CCS(=O)(=O)Nc1cc(OC)ccc1S(=O)(=O)N1CCNC(C)C1C. The number of ether oxygens (including phenoxy) is 1. The van der Waals surface area contributed by atoms with Crippen LogP contribution in [0.15, 0.2) is 23.1 Å². The van der Waals surface area contributed by atoms with Crippen LogP contribution in [0, 0.1) is 0 Å². The number of hydrogen-bond acceptors (Lipinski definition) is 6. The summed E-state index contributed by atoms with van der Waals surface area (Å²) in [6, 6.07) is 4.01. The molecule has 0 amide bonds. The van der Waals surface area contributed by atoms with Crippen molar-refractivity contribution in [3.8, 4) is 5.75 Å². The van der Waals surface area contributed by atoms with E-state index in [4.69, 9.17) is 4.74 Å². The first-order chi connectivity index (χ1) is 11.6. The molecule has 0 aromatic heterocycles. The number of sulfonamides is 2. The van der Waals surface area contributed by atoms with Crippen LogP contribution in [-0.2, 0) is 20.0 Å². The summed E-state index contributed by atoms with van der Waals surface area (Å²) >= 11 is 0. The molecule has 2 N–H and O–H groups in total. The zero-order chi connectivity index (χ0) is 18.8. The molecule has 10 heteroatoms. The Bertz CT molecular complexity index is 824. The van der Waals surface area contributed by atoms with Gasteiger partial charge < -0.3 is 10.1 Å². The second-order valence-corrected chi connectivity index (χ2v) is 9.84. The molecule has 2 atom stereocenters. The Morgan fingerprint density at radius 1 is 1.28 bits per heavy atom. The summed E-state index contributed by atoms with van der Waals surface area (Å²) < 4.78 is 59.1. The van der Waals surface area contributed by atoms with Crippen molar-refractivity contribution in [2.24, 2.45) is 0 Å². The predicted octanol–water partition coefficient (Wildman–Crippen LogP) is 0.828. The fourth-order valence-electron chi connectivity index (χ4n) is 2.67. The number of benzene rings is 1. The van der Waals surface area contributed by atoms with Gasteiger partial charge in [-0.25, -0.2) is 16.8 Å². The summed E-state index contributed by atoms with van der Waals surface area (Å²) in [4.78, 5) is -0.0775. The first-order valence-corrected chi connectivity index (χ1v) is 11.2. The maximum absolute atomic E-state index is 13.2. The van der Waals surface area contributed by atoms with Gasteiger partial charge in [0.05, 0.1) is 18.6 Å². The van der Waals surface area contributed by atoms with Crippen molar-refractivity contribution in [1.29, 1.82) is 0 Å². The Hall–Kier alpha value is -1.36. The monoisotopic (exact) mass is 391 g/mol. The highest BCUT2D eigenvalue weighted by molar-refractivity contribution is 7.93. The molecule has 2 unspecified atom stereocenters. The minimum atomic E-state index is -3.87. The number of hydrogen-bond donors (Lipinski definition) is 2. The van der Waals surface area contributed by atoms with Crippen molar-refractivity contribution in [3.63, 3.8) is 0 Å². The Labute approximate surface area is 149 Å². The van der Waals surface area contributed by atoms with E-state index in [1.54, 1.807) is 0 Å². The van der Waals surface area contributed by atoms with Crippen molar-refractivity contribution < 1.29 is 21.6 Å². The molecule has 1 aliphatic heterocycles. The summed E-state index contributed by atoms with van der Waals surface area (Å²) in [5.74, 6) is 0.208. The molecule has 8 nitrogen and oxygen atoms in total. The average molecular weight is 392 g/mol. The second kappa shape index (κ2) is 7.48. The molecule has 1 heterocycles. The molecule has 1 saturated heterocycles. The van der Waals surface area contributed by atoms with Gasteiger partial charge in [-0.05, 0) is 32.9 Å². The van der Waals surface area contributed by atoms with Gasteiger partial charge in [-0.2, -0.15) is 4.31 Å². The fraction of sp³-hybridized carbons (Fsp3) is 0.600. The molecule has 2 rings (SSSR count). The number of nitrogens with zero attached hydrogens (tertiary/aromatic N) is 1. The number of piperazine rings is 1. The van der Waals surface area contributed by atoms with Gasteiger partial charge in [0.15, 0.2) is 0 Å². The molecule has 142 valence electrons. The Balaban J connectivity index is 2.53. The molecule has 0 spiro atoms. The van der Waals surface area contributed by atoms with Crippen LogP contribution in [0.4, 0.5) is 5.69 Å². The van der Waals surface area contributed by atoms with E-state index in [-0.39, 0.29) is 28.4 Å². The van der Waals surface area contributed by atoms with E-state index in [0.29, 0.717) is 18.8 Å². The van der Waals surface area contributed by atoms with Gasteiger partial charge in [0.1, 0.15) is 10.6 Å². The molecule has 1 aromatic carbocycles. The Morgan fingerprint density at radius 2 is 1.96 bits per heavy atom. The first-order valence-electron chi connectivity index (χ1n) is 8.06. The highest BCUT2D eigenvalue weighted by atomic mass is 32.2. The summed E-state index contributed by atoms with van der Waals surface area (Å²) in [6.07, 6.45) is 0. The number of methoxy groups -OCH3 is 1. The molecule has 1 aliphatic rings. The molecule has 0 radical (unpaired) electrons. The highest BCUT2D eigenvalue weighted by Crippen LogP contribution is 2.31. The lowest BCUT2D eigenvalue weighted by atomic mass is 10.1. The van der Waals surface area contributed by atoms with Crippen LogP contribution in [0.1, 0.15) is 20.8 Å². The van der Waals surface area contributed by atoms with Gasteiger partial charge in [-0.1, -0.05) is 0 Å². The van der Waals surface area contributed by atoms with Crippen LogP contribution in [0.5, 0.6) is 5.75 Å². The topological polar surface area (TPSA) is 105 Å². The summed E-state index contributed by atoms with van der Waals surface area (Å²) in [6.45, 7) is 6.09. The maximum Gasteiger partial charge on any atom is 0.245 e. The first kappa shape index (κ1) is 20.0. The second-order valence-electron chi connectivity index (χ2n) is 5.97. The van der Waals surface area contributed by atoms with Gasteiger partial charge in [0.2, 0.25) is 20.0 Å². The van der Waals surface area contributed by atoms with E-state index in [0.717, 1.165) is 0 Å². The van der Waals surface area contributed by atoms with Crippen LogP contribution in [0.3, 0.4) is 0 Å². The van der Waals surface area contributed by atoms with Crippen molar-refractivity contribution in [2.75, 3.05) is 30.7 Å². The minimum absolute atomic E-state index is 0.000384. The average Bonchev–Trinajstić information content (AvgIpc) is 2.56. The third-order valence-electron chi connectivity index (χ3n) is 4.40. The van der Waals surface area contributed by atoms with E-state index >= 15 is 0 Å². The molecule has 0 aliphatic carbocycles. The van der Waals surface area contributed by atoms with Gasteiger partial charge >= 0.3 is 0 Å². The van der Waals surface area contributed by atoms with Crippen LogP contribution >= 0.6 is 0 Å². The zero-order valence-corrected chi connectivity index (χ0v) is 16.4. The zero-order valence-electron chi connectivity index (χ0n) is 14.8.